The molecule has 7 nitrogen and oxygen atoms in total. The molecular formula is C21H23N3O4S. The number of hydrogen-bond donors (Lipinski definition) is 1. The van der Waals surface area contributed by atoms with Gasteiger partial charge in [0.15, 0.2) is 0 Å². The molecule has 2 aliphatic heterocycles. The molecule has 1 N–H and O–H groups in total. The monoisotopic (exact) mass is 413 g/mol. The molecule has 0 aliphatic carbocycles. The first kappa shape index (κ1) is 19.5. The number of nitrogens with one attached hydrogen (secondary N) is 1. The van der Waals surface area contributed by atoms with Gasteiger partial charge in [0.05, 0.1) is 13.2 Å². The molecule has 1 fully saturated rings. The predicted octanol–water partition coefficient (Wildman–Crippen LogP) is 2.50. The van der Waals surface area contributed by atoms with E-state index >= 15 is 0 Å². The van der Waals surface area contributed by atoms with E-state index in [1.165, 1.54) is 0 Å². The third-order valence-electron chi connectivity index (χ3n) is 5.05. The molecule has 1 amide bonds. The van der Waals surface area contributed by atoms with Crippen LogP contribution in [-0.2, 0) is 19.6 Å². The maximum atomic E-state index is 13.0. The van der Waals surface area contributed by atoms with Gasteiger partial charge in [0.2, 0.25) is 0 Å². The highest BCUT2D eigenvalue weighted by Crippen LogP contribution is 2.36. The second kappa shape index (κ2) is 7.88. The molecule has 29 heavy (non-hydrogen) atoms. The van der Waals surface area contributed by atoms with Gasteiger partial charge < -0.3 is 15.0 Å². The van der Waals surface area contributed by atoms with Crippen molar-refractivity contribution < 1.29 is 17.9 Å². The summed E-state index contributed by atoms with van der Waals surface area (Å²) in [6.45, 7) is 4.80. The van der Waals surface area contributed by atoms with Crippen LogP contribution in [0.3, 0.4) is 0 Å². The van der Waals surface area contributed by atoms with Crippen molar-refractivity contribution in [3.05, 3.63) is 65.9 Å². The number of carbonyl (C=O) groups is 1. The highest BCUT2D eigenvalue weighted by Gasteiger charge is 2.43. The van der Waals surface area contributed by atoms with Crippen LogP contribution in [0.15, 0.2) is 60.3 Å². The van der Waals surface area contributed by atoms with Crippen molar-refractivity contribution in [3.8, 4) is 0 Å². The zero-order chi connectivity index (χ0) is 20.4. The Bertz CT molecular complexity index is 1030. The van der Waals surface area contributed by atoms with Crippen LogP contribution in [0.4, 0.5) is 11.4 Å². The number of hydrogen-bond acceptors (Lipinski definition) is 6. The molecule has 1 saturated heterocycles. The van der Waals surface area contributed by atoms with Gasteiger partial charge in [-0.3, -0.25) is 4.79 Å². The average Bonchev–Trinajstić information content (AvgIpc) is 2.94. The molecule has 0 radical (unpaired) electrons. The number of sulfonamides is 1. The van der Waals surface area contributed by atoms with E-state index < -0.39 is 15.9 Å². The van der Waals surface area contributed by atoms with E-state index in [0.29, 0.717) is 24.5 Å². The Balaban J connectivity index is 1.68. The van der Waals surface area contributed by atoms with Crippen LogP contribution in [0, 0.1) is 0 Å². The number of likely N-dealkylation sites (N-methyl/N-ethyl adjacent to an activating group) is 1. The van der Waals surface area contributed by atoms with Gasteiger partial charge >= 0.3 is 0 Å². The lowest BCUT2D eigenvalue weighted by atomic mass is 10.1. The quantitative estimate of drug-likeness (QED) is 0.811. The first-order valence-electron chi connectivity index (χ1n) is 9.59. The van der Waals surface area contributed by atoms with E-state index in [-0.39, 0.29) is 17.1 Å². The summed E-state index contributed by atoms with van der Waals surface area (Å²) in [4.78, 5) is 15.1. The van der Waals surface area contributed by atoms with Crippen LogP contribution in [0.25, 0.3) is 4.91 Å². The lowest BCUT2D eigenvalue weighted by Gasteiger charge is -2.29. The molecule has 2 aromatic carbocycles. The van der Waals surface area contributed by atoms with E-state index in [1.54, 1.807) is 31.2 Å². The smallest absolute Gasteiger partial charge is 0.285 e. The van der Waals surface area contributed by atoms with Crippen molar-refractivity contribution >= 4 is 32.2 Å². The second-order valence-electron chi connectivity index (χ2n) is 6.82. The molecule has 0 unspecified atom stereocenters. The molecule has 0 atom stereocenters. The van der Waals surface area contributed by atoms with Crippen molar-refractivity contribution in [2.24, 2.45) is 0 Å². The first-order chi connectivity index (χ1) is 14.0. The molecule has 2 heterocycles. The van der Waals surface area contributed by atoms with Crippen LogP contribution >= 0.6 is 0 Å². The average molecular weight is 413 g/mol. The maximum absolute atomic E-state index is 13.0. The van der Waals surface area contributed by atoms with Gasteiger partial charge in [0, 0.05) is 31.0 Å². The number of anilines is 2. The van der Waals surface area contributed by atoms with Crippen LogP contribution < -0.4 is 10.2 Å². The topological polar surface area (TPSA) is 79.0 Å². The zero-order valence-electron chi connectivity index (χ0n) is 16.2. The van der Waals surface area contributed by atoms with E-state index in [9.17, 15) is 13.2 Å². The van der Waals surface area contributed by atoms with Gasteiger partial charge in [0.1, 0.15) is 10.6 Å². The normalized spacial score (nSPS) is 19.0. The van der Waals surface area contributed by atoms with Crippen molar-refractivity contribution in [3.63, 3.8) is 0 Å². The van der Waals surface area contributed by atoms with Gasteiger partial charge in [-0.05, 0) is 36.8 Å². The van der Waals surface area contributed by atoms with E-state index in [1.807, 2.05) is 30.3 Å². The molecule has 4 rings (SSSR count). The van der Waals surface area contributed by atoms with Gasteiger partial charge in [-0.1, -0.05) is 30.3 Å². The Kier molecular flexibility index (Phi) is 5.29. The van der Waals surface area contributed by atoms with Crippen molar-refractivity contribution in [1.29, 1.82) is 0 Å². The van der Waals surface area contributed by atoms with Gasteiger partial charge in [0.25, 0.3) is 15.9 Å². The van der Waals surface area contributed by atoms with Crippen LogP contribution in [0.2, 0.25) is 0 Å². The Hall–Kier alpha value is -2.84. The summed E-state index contributed by atoms with van der Waals surface area (Å²) in [5.41, 5.74) is 2.30. The van der Waals surface area contributed by atoms with E-state index in [4.69, 9.17) is 4.74 Å². The number of rotatable bonds is 5. The molecule has 0 spiro atoms. The fraction of sp³-hybridized carbons (Fsp3) is 0.286. The predicted molar refractivity (Wildman–Crippen MR) is 113 cm³/mol. The first-order valence-corrected chi connectivity index (χ1v) is 11.0. The number of ether oxygens (including phenoxy) is 1. The Morgan fingerprint density at radius 3 is 2.28 bits per heavy atom. The molecule has 152 valence electrons. The minimum atomic E-state index is -3.90. The lowest BCUT2D eigenvalue weighted by molar-refractivity contribution is -0.121. The van der Waals surface area contributed by atoms with Crippen molar-refractivity contribution in [2.75, 3.05) is 43.1 Å². The summed E-state index contributed by atoms with van der Waals surface area (Å²) in [5, 5.41) is 3.06. The van der Waals surface area contributed by atoms with E-state index in [2.05, 4.69) is 10.2 Å². The molecule has 0 bridgehead atoms. The van der Waals surface area contributed by atoms with Crippen molar-refractivity contribution in [2.45, 2.75) is 6.92 Å². The number of carbonyl (C=O) groups excluding carboxylic acids is 1. The number of benzene rings is 2. The standard InChI is InChI=1S/C21H23N3O4S/c1-2-24-21(25)19(20(29(24,26)27)16-6-4-3-5-7-16)22-17-8-10-18(11-9-17)23-12-14-28-15-13-23/h3-11,22H,2,12-15H2,1H3. The van der Waals surface area contributed by atoms with Crippen molar-refractivity contribution in [1.82, 2.24) is 4.31 Å². The minimum Gasteiger partial charge on any atom is -0.378 e. The van der Waals surface area contributed by atoms with Crippen LogP contribution in [0.5, 0.6) is 0 Å². The minimum absolute atomic E-state index is 0.0159. The van der Waals surface area contributed by atoms with E-state index in [0.717, 1.165) is 23.1 Å². The fourth-order valence-electron chi connectivity index (χ4n) is 3.60. The Labute approximate surface area is 170 Å². The number of amides is 1. The molecule has 2 aliphatic rings. The summed E-state index contributed by atoms with van der Waals surface area (Å²) in [6, 6.07) is 16.3. The molecule has 0 aromatic heterocycles. The van der Waals surface area contributed by atoms with Crippen LogP contribution in [0.1, 0.15) is 12.5 Å². The zero-order valence-corrected chi connectivity index (χ0v) is 17.0. The third-order valence-corrected chi connectivity index (χ3v) is 7.01. The summed E-state index contributed by atoms with van der Waals surface area (Å²) >= 11 is 0. The Morgan fingerprint density at radius 2 is 1.66 bits per heavy atom. The summed E-state index contributed by atoms with van der Waals surface area (Å²) in [7, 11) is -3.90. The Morgan fingerprint density at radius 1 is 1.00 bits per heavy atom. The van der Waals surface area contributed by atoms with Gasteiger partial charge in [-0.25, -0.2) is 12.7 Å². The van der Waals surface area contributed by atoms with Gasteiger partial charge in [-0.2, -0.15) is 0 Å². The number of morpholine rings is 1. The molecular weight excluding hydrogens is 390 g/mol. The summed E-state index contributed by atoms with van der Waals surface area (Å²) in [6.07, 6.45) is 0. The van der Waals surface area contributed by atoms with Crippen LogP contribution in [-0.4, -0.2) is 51.5 Å². The number of nitrogens with zero attached hydrogens (tertiary/aromatic N) is 2. The molecule has 8 heteroatoms. The van der Waals surface area contributed by atoms with Gasteiger partial charge in [-0.15, -0.1) is 0 Å². The highest BCUT2D eigenvalue weighted by atomic mass is 32.2. The SMILES string of the molecule is CCN1C(=O)C(Nc2ccc(N3CCOCC3)cc2)=C(c2ccccc2)S1(=O)=O. The molecule has 0 saturated carbocycles. The maximum Gasteiger partial charge on any atom is 0.285 e. The molecule has 2 aromatic rings. The second-order valence-corrected chi connectivity index (χ2v) is 8.62. The third kappa shape index (κ3) is 3.61. The summed E-state index contributed by atoms with van der Waals surface area (Å²) < 4.78 is 32.3. The highest BCUT2D eigenvalue weighted by molar-refractivity contribution is 7.99. The summed E-state index contributed by atoms with van der Waals surface area (Å²) in [5.74, 6) is -0.538. The largest absolute Gasteiger partial charge is 0.378 e. The fourth-order valence-corrected chi connectivity index (χ4v) is 5.30. The lowest BCUT2D eigenvalue weighted by Crippen LogP contribution is -2.36.